The molecule has 0 amide bonds. The number of ether oxygens (including phenoxy) is 5. The van der Waals surface area contributed by atoms with E-state index in [1.165, 1.54) is 6.92 Å². The second-order valence-corrected chi connectivity index (χ2v) is 4.56. The van der Waals surface area contributed by atoms with Crippen molar-refractivity contribution in [3.63, 3.8) is 0 Å². The fraction of sp³-hybridized carbons (Fsp3) is 0.917. The number of esters is 1. The van der Waals surface area contributed by atoms with E-state index in [2.05, 4.69) is 22.6 Å². The Hall–Kier alpha value is 0.0400. The molecular weight excluding hydrogens is 367 g/mol. The van der Waals surface area contributed by atoms with Crippen LogP contribution in [0.15, 0.2) is 0 Å². The summed E-state index contributed by atoms with van der Waals surface area (Å²) in [6.45, 7) is 6.14. The first kappa shape index (κ1) is 19.0. The predicted octanol–water partition coefficient (Wildman–Crippen LogP) is 1.05. The van der Waals surface area contributed by atoms with Gasteiger partial charge in [-0.05, 0) is 0 Å². The summed E-state index contributed by atoms with van der Waals surface area (Å²) in [5.41, 5.74) is 0. The SMILES string of the molecule is CC(=O)OCCOCCOCCOCCOCCI. The molecule has 0 aromatic rings. The molecule has 0 heterocycles. The molecule has 0 aliphatic heterocycles. The summed E-state index contributed by atoms with van der Waals surface area (Å²) in [6.07, 6.45) is 0. The van der Waals surface area contributed by atoms with Gasteiger partial charge in [0, 0.05) is 11.4 Å². The Balaban J connectivity index is 2.93. The van der Waals surface area contributed by atoms with Gasteiger partial charge in [-0.15, -0.1) is 0 Å². The molecule has 0 unspecified atom stereocenters. The lowest BCUT2D eigenvalue weighted by Crippen LogP contribution is -2.14. The van der Waals surface area contributed by atoms with Crippen LogP contribution in [0.3, 0.4) is 0 Å². The standard InChI is InChI=1S/C12H23IO6/c1-12(14)19-11-10-18-9-8-17-7-6-16-5-4-15-3-2-13/h2-11H2,1H3. The zero-order chi connectivity index (χ0) is 14.2. The van der Waals surface area contributed by atoms with Gasteiger partial charge >= 0.3 is 5.97 Å². The van der Waals surface area contributed by atoms with E-state index in [1.54, 1.807) is 0 Å². The number of carbonyl (C=O) groups excluding carboxylic acids is 1. The van der Waals surface area contributed by atoms with Gasteiger partial charge in [0.05, 0.1) is 52.9 Å². The number of rotatable bonds is 14. The molecule has 19 heavy (non-hydrogen) atoms. The molecule has 0 atom stereocenters. The number of hydrogen-bond acceptors (Lipinski definition) is 6. The summed E-state index contributed by atoms with van der Waals surface area (Å²) in [5, 5.41) is 0. The number of carbonyl (C=O) groups is 1. The number of alkyl halides is 1. The van der Waals surface area contributed by atoms with E-state index in [0.29, 0.717) is 46.2 Å². The van der Waals surface area contributed by atoms with Gasteiger partial charge in [0.1, 0.15) is 6.61 Å². The van der Waals surface area contributed by atoms with E-state index in [9.17, 15) is 4.79 Å². The third-order valence-electron chi connectivity index (χ3n) is 1.87. The second kappa shape index (κ2) is 16.1. The highest BCUT2D eigenvalue weighted by molar-refractivity contribution is 14.1. The molecule has 0 saturated carbocycles. The van der Waals surface area contributed by atoms with Crippen molar-refractivity contribution in [1.82, 2.24) is 0 Å². The lowest BCUT2D eigenvalue weighted by Gasteiger charge is -2.07. The van der Waals surface area contributed by atoms with Gasteiger partial charge in [-0.25, -0.2) is 0 Å². The van der Waals surface area contributed by atoms with Crippen molar-refractivity contribution in [1.29, 1.82) is 0 Å². The molecule has 0 aliphatic rings. The van der Waals surface area contributed by atoms with E-state index in [4.69, 9.17) is 23.7 Å². The van der Waals surface area contributed by atoms with Gasteiger partial charge in [-0.1, -0.05) is 22.6 Å². The summed E-state index contributed by atoms with van der Waals surface area (Å²) in [6, 6.07) is 0. The molecule has 0 bridgehead atoms. The van der Waals surface area contributed by atoms with E-state index < -0.39 is 0 Å². The Morgan fingerprint density at radius 1 is 0.737 bits per heavy atom. The molecule has 6 nitrogen and oxygen atoms in total. The molecule has 0 N–H and O–H groups in total. The lowest BCUT2D eigenvalue weighted by atomic mass is 10.7. The maximum atomic E-state index is 10.4. The molecule has 0 saturated heterocycles. The third-order valence-corrected chi connectivity index (χ3v) is 2.31. The Bertz CT molecular complexity index is 203. The van der Waals surface area contributed by atoms with Crippen LogP contribution in [0, 0.1) is 0 Å². The summed E-state index contributed by atoms with van der Waals surface area (Å²) >= 11 is 2.26. The molecule has 0 fully saturated rings. The zero-order valence-corrected chi connectivity index (χ0v) is 13.6. The van der Waals surface area contributed by atoms with Gasteiger partial charge in [-0.3, -0.25) is 4.79 Å². The van der Waals surface area contributed by atoms with Crippen LogP contribution in [0.25, 0.3) is 0 Å². The van der Waals surface area contributed by atoms with Crippen molar-refractivity contribution in [3.05, 3.63) is 0 Å². The number of halogens is 1. The van der Waals surface area contributed by atoms with Gasteiger partial charge in [-0.2, -0.15) is 0 Å². The van der Waals surface area contributed by atoms with Crippen LogP contribution in [-0.4, -0.2) is 69.9 Å². The van der Waals surface area contributed by atoms with Crippen LogP contribution in [-0.2, 0) is 28.5 Å². The topological polar surface area (TPSA) is 63.2 Å². The molecule has 0 radical (unpaired) electrons. The first-order valence-electron chi connectivity index (χ1n) is 6.27. The summed E-state index contributed by atoms with van der Waals surface area (Å²) < 4.78 is 26.7. The van der Waals surface area contributed by atoms with Crippen LogP contribution in [0.1, 0.15) is 6.92 Å². The van der Waals surface area contributed by atoms with E-state index >= 15 is 0 Å². The van der Waals surface area contributed by atoms with Crippen molar-refractivity contribution in [2.45, 2.75) is 6.92 Å². The van der Waals surface area contributed by atoms with Crippen LogP contribution in [0.2, 0.25) is 0 Å². The monoisotopic (exact) mass is 390 g/mol. The van der Waals surface area contributed by atoms with Gasteiger partial charge in [0.15, 0.2) is 0 Å². The van der Waals surface area contributed by atoms with E-state index in [1.807, 2.05) is 0 Å². The average Bonchev–Trinajstić information content (AvgIpc) is 2.39. The van der Waals surface area contributed by atoms with Crippen LogP contribution in [0.5, 0.6) is 0 Å². The molecule has 0 rings (SSSR count). The minimum atomic E-state index is -0.292. The van der Waals surface area contributed by atoms with Crippen molar-refractivity contribution in [2.75, 3.05) is 63.9 Å². The highest BCUT2D eigenvalue weighted by atomic mass is 127. The van der Waals surface area contributed by atoms with Gasteiger partial charge < -0.3 is 23.7 Å². The summed E-state index contributed by atoms with van der Waals surface area (Å²) in [5.74, 6) is -0.292. The average molecular weight is 390 g/mol. The van der Waals surface area contributed by atoms with Crippen LogP contribution < -0.4 is 0 Å². The van der Waals surface area contributed by atoms with Crippen molar-refractivity contribution in [3.8, 4) is 0 Å². The minimum Gasteiger partial charge on any atom is -0.463 e. The second-order valence-electron chi connectivity index (χ2n) is 3.48. The van der Waals surface area contributed by atoms with Crippen molar-refractivity contribution in [2.24, 2.45) is 0 Å². The highest BCUT2D eigenvalue weighted by Gasteiger charge is 1.94. The maximum Gasteiger partial charge on any atom is 0.302 e. The first-order chi connectivity index (χ1) is 9.27. The van der Waals surface area contributed by atoms with E-state index in [-0.39, 0.29) is 12.6 Å². The van der Waals surface area contributed by atoms with Crippen LogP contribution in [0.4, 0.5) is 0 Å². The summed E-state index contributed by atoms with van der Waals surface area (Å²) in [4.78, 5) is 10.4. The third kappa shape index (κ3) is 18.0. The first-order valence-corrected chi connectivity index (χ1v) is 7.80. The van der Waals surface area contributed by atoms with Crippen molar-refractivity contribution >= 4 is 28.6 Å². The van der Waals surface area contributed by atoms with Crippen LogP contribution >= 0.6 is 22.6 Å². The Morgan fingerprint density at radius 3 is 1.47 bits per heavy atom. The molecule has 0 spiro atoms. The normalized spacial score (nSPS) is 10.6. The van der Waals surface area contributed by atoms with Gasteiger partial charge in [0.2, 0.25) is 0 Å². The predicted molar refractivity (Wildman–Crippen MR) is 78.8 cm³/mol. The maximum absolute atomic E-state index is 10.4. The fourth-order valence-corrected chi connectivity index (χ4v) is 1.37. The Labute approximate surface area is 128 Å². The molecule has 114 valence electrons. The molecule has 0 aliphatic carbocycles. The quantitative estimate of drug-likeness (QED) is 0.191. The highest BCUT2D eigenvalue weighted by Crippen LogP contribution is 1.85. The zero-order valence-electron chi connectivity index (χ0n) is 11.4. The molecular formula is C12H23IO6. The Kier molecular flexibility index (Phi) is 16.1. The van der Waals surface area contributed by atoms with Crippen molar-refractivity contribution < 1.29 is 28.5 Å². The Morgan fingerprint density at radius 2 is 1.11 bits per heavy atom. The largest absolute Gasteiger partial charge is 0.463 e. The molecule has 0 aromatic heterocycles. The smallest absolute Gasteiger partial charge is 0.302 e. The van der Waals surface area contributed by atoms with E-state index in [0.717, 1.165) is 11.0 Å². The fourth-order valence-electron chi connectivity index (χ4n) is 1.06. The lowest BCUT2D eigenvalue weighted by molar-refractivity contribution is -0.142. The molecule has 7 heteroatoms. The number of hydrogen-bond donors (Lipinski definition) is 0. The minimum absolute atomic E-state index is 0.287. The van der Waals surface area contributed by atoms with Gasteiger partial charge in [0.25, 0.3) is 0 Å². The summed E-state index contributed by atoms with van der Waals surface area (Å²) in [7, 11) is 0. The molecule has 0 aromatic carbocycles.